The molecule has 0 aromatic heterocycles. The van der Waals surface area contributed by atoms with Gasteiger partial charge in [-0.25, -0.2) is 4.39 Å². The maximum Gasteiger partial charge on any atom is 0.253 e. The molecule has 1 aromatic carbocycles. The van der Waals surface area contributed by atoms with Gasteiger partial charge in [0.05, 0.1) is 6.04 Å². The molecule has 2 saturated heterocycles. The van der Waals surface area contributed by atoms with E-state index in [0.717, 1.165) is 12.8 Å². The van der Waals surface area contributed by atoms with E-state index in [1.807, 2.05) is 4.90 Å². The van der Waals surface area contributed by atoms with E-state index >= 15 is 0 Å². The Morgan fingerprint density at radius 3 is 2.36 bits per heavy atom. The van der Waals surface area contributed by atoms with Crippen molar-refractivity contribution in [2.75, 3.05) is 26.2 Å². The van der Waals surface area contributed by atoms with Gasteiger partial charge in [-0.2, -0.15) is 0 Å². The number of carbonyl (C=O) groups is 2. The van der Waals surface area contributed by atoms with E-state index < -0.39 is 0 Å². The zero-order valence-electron chi connectivity index (χ0n) is 16.1. The maximum atomic E-state index is 13.1. The molecule has 1 saturated carbocycles. The second-order valence-electron chi connectivity index (χ2n) is 8.08. The SMILES string of the molecule is Cl.O=C(c1ccc(F)cc1)N1CCCN(C(=O)C2CC3CCCCC3N2)CC1. The Bertz CT molecular complexity index is 685. The number of fused-ring (bicyclic) bond motifs is 1. The maximum absolute atomic E-state index is 13.1. The van der Waals surface area contributed by atoms with Crippen LogP contribution in [0.5, 0.6) is 0 Å². The number of nitrogens with one attached hydrogen (secondary N) is 1. The summed E-state index contributed by atoms with van der Waals surface area (Å²) in [4.78, 5) is 29.4. The van der Waals surface area contributed by atoms with Crippen LogP contribution >= 0.6 is 12.4 Å². The summed E-state index contributed by atoms with van der Waals surface area (Å²) in [6.07, 6.45) is 6.71. The number of hydrogen-bond acceptors (Lipinski definition) is 3. The fourth-order valence-corrected chi connectivity index (χ4v) is 4.85. The summed E-state index contributed by atoms with van der Waals surface area (Å²) in [5, 5.41) is 3.57. The molecule has 5 nitrogen and oxygen atoms in total. The van der Waals surface area contributed by atoms with Gasteiger partial charge in [0.1, 0.15) is 5.82 Å². The molecule has 3 aliphatic rings. The summed E-state index contributed by atoms with van der Waals surface area (Å²) >= 11 is 0. The summed E-state index contributed by atoms with van der Waals surface area (Å²) in [7, 11) is 0. The lowest BCUT2D eigenvalue weighted by molar-refractivity contribution is -0.133. The predicted octanol–water partition coefficient (Wildman–Crippen LogP) is 2.84. The van der Waals surface area contributed by atoms with Crippen LogP contribution in [0.15, 0.2) is 24.3 Å². The first-order valence-electron chi connectivity index (χ1n) is 10.2. The largest absolute Gasteiger partial charge is 0.340 e. The number of hydrogen-bond donors (Lipinski definition) is 1. The second kappa shape index (κ2) is 9.23. The number of rotatable bonds is 2. The van der Waals surface area contributed by atoms with Gasteiger partial charge in [0.2, 0.25) is 5.91 Å². The van der Waals surface area contributed by atoms with E-state index in [2.05, 4.69) is 5.32 Å². The van der Waals surface area contributed by atoms with Gasteiger partial charge in [0.25, 0.3) is 5.91 Å². The molecule has 4 rings (SSSR count). The number of carbonyl (C=O) groups excluding carboxylic acids is 2. The first-order valence-corrected chi connectivity index (χ1v) is 10.2. The topological polar surface area (TPSA) is 52.7 Å². The van der Waals surface area contributed by atoms with Gasteiger partial charge < -0.3 is 15.1 Å². The molecule has 1 N–H and O–H groups in total. The van der Waals surface area contributed by atoms with Crippen LogP contribution in [0, 0.1) is 11.7 Å². The van der Waals surface area contributed by atoms with Gasteiger partial charge in [-0.15, -0.1) is 12.4 Å². The molecule has 28 heavy (non-hydrogen) atoms. The number of halogens is 2. The monoisotopic (exact) mass is 409 g/mol. The first-order chi connectivity index (χ1) is 13.1. The number of benzene rings is 1. The van der Waals surface area contributed by atoms with Crippen molar-refractivity contribution >= 4 is 24.2 Å². The summed E-state index contributed by atoms with van der Waals surface area (Å²) in [5.74, 6) is 0.412. The number of amides is 2. The van der Waals surface area contributed by atoms with E-state index in [0.29, 0.717) is 43.7 Å². The van der Waals surface area contributed by atoms with Crippen molar-refractivity contribution in [2.45, 2.75) is 50.6 Å². The van der Waals surface area contributed by atoms with Crippen LogP contribution in [-0.4, -0.2) is 59.9 Å². The molecule has 3 atom stereocenters. The molecule has 1 aromatic rings. The van der Waals surface area contributed by atoms with Crippen molar-refractivity contribution in [1.29, 1.82) is 0 Å². The molecule has 2 aliphatic heterocycles. The zero-order chi connectivity index (χ0) is 18.8. The Morgan fingerprint density at radius 1 is 0.929 bits per heavy atom. The lowest BCUT2D eigenvalue weighted by atomic mass is 9.85. The molecular formula is C21H29ClFN3O2. The second-order valence-corrected chi connectivity index (χ2v) is 8.08. The highest BCUT2D eigenvalue weighted by Gasteiger charge is 2.40. The molecule has 0 bridgehead atoms. The smallest absolute Gasteiger partial charge is 0.253 e. The molecule has 7 heteroatoms. The van der Waals surface area contributed by atoms with Gasteiger partial charge in [0.15, 0.2) is 0 Å². The van der Waals surface area contributed by atoms with Gasteiger partial charge in [0, 0.05) is 37.8 Å². The van der Waals surface area contributed by atoms with E-state index in [1.165, 1.54) is 49.9 Å². The van der Waals surface area contributed by atoms with E-state index in [1.54, 1.807) is 4.90 Å². The molecular weight excluding hydrogens is 381 g/mol. The van der Waals surface area contributed by atoms with Crippen LogP contribution in [0.2, 0.25) is 0 Å². The average molecular weight is 410 g/mol. The third-order valence-electron chi connectivity index (χ3n) is 6.35. The summed E-state index contributed by atoms with van der Waals surface area (Å²) in [6, 6.07) is 6.12. The first kappa shape index (κ1) is 21.1. The minimum absolute atomic E-state index is 0. The van der Waals surface area contributed by atoms with Gasteiger partial charge >= 0.3 is 0 Å². The highest BCUT2D eigenvalue weighted by atomic mass is 35.5. The summed E-state index contributed by atoms with van der Waals surface area (Å²) in [6.45, 7) is 2.42. The van der Waals surface area contributed by atoms with Crippen LogP contribution in [0.1, 0.15) is 48.9 Å². The van der Waals surface area contributed by atoms with Crippen molar-refractivity contribution in [3.8, 4) is 0 Å². The molecule has 0 spiro atoms. The molecule has 1 aliphatic carbocycles. The third kappa shape index (κ3) is 4.49. The molecule has 2 amide bonds. The Labute approximate surface area is 172 Å². The quantitative estimate of drug-likeness (QED) is 0.817. The highest BCUT2D eigenvalue weighted by molar-refractivity contribution is 5.94. The minimum Gasteiger partial charge on any atom is -0.340 e. The van der Waals surface area contributed by atoms with Gasteiger partial charge in [-0.1, -0.05) is 12.8 Å². The molecule has 0 radical (unpaired) electrons. The fourth-order valence-electron chi connectivity index (χ4n) is 4.85. The Hall–Kier alpha value is -1.66. The van der Waals surface area contributed by atoms with Crippen molar-refractivity contribution < 1.29 is 14.0 Å². The highest BCUT2D eigenvalue weighted by Crippen LogP contribution is 2.33. The van der Waals surface area contributed by atoms with E-state index in [-0.39, 0.29) is 36.1 Å². The van der Waals surface area contributed by atoms with Gasteiger partial charge in [-0.05, 0) is 55.9 Å². The average Bonchev–Trinajstić information content (AvgIpc) is 2.97. The Kier molecular flexibility index (Phi) is 6.94. The summed E-state index contributed by atoms with van der Waals surface area (Å²) in [5.41, 5.74) is 0.498. The van der Waals surface area contributed by atoms with Crippen molar-refractivity contribution in [3.05, 3.63) is 35.6 Å². The summed E-state index contributed by atoms with van der Waals surface area (Å²) < 4.78 is 13.1. The van der Waals surface area contributed by atoms with Crippen molar-refractivity contribution in [2.24, 2.45) is 5.92 Å². The minimum atomic E-state index is -0.344. The van der Waals surface area contributed by atoms with Crippen molar-refractivity contribution in [1.82, 2.24) is 15.1 Å². The number of nitrogens with zero attached hydrogens (tertiary/aromatic N) is 2. The Morgan fingerprint density at radius 2 is 1.61 bits per heavy atom. The fraction of sp³-hybridized carbons (Fsp3) is 0.619. The van der Waals surface area contributed by atoms with Crippen LogP contribution < -0.4 is 5.32 Å². The zero-order valence-corrected chi connectivity index (χ0v) is 16.9. The van der Waals surface area contributed by atoms with E-state index in [9.17, 15) is 14.0 Å². The lowest BCUT2D eigenvalue weighted by Gasteiger charge is -2.25. The third-order valence-corrected chi connectivity index (χ3v) is 6.35. The standard InChI is InChI=1S/C21H28FN3O2.ClH/c22-17-8-6-15(7-9-17)20(26)24-10-3-11-25(13-12-24)21(27)19-14-16-4-1-2-5-18(16)23-19;/h6-9,16,18-19,23H,1-5,10-14H2;1H. The Balaban J connectivity index is 0.00000225. The molecule has 154 valence electrons. The lowest BCUT2D eigenvalue weighted by Crippen LogP contribution is -2.46. The molecule has 3 fully saturated rings. The molecule has 2 heterocycles. The van der Waals surface area contributed by atoms with Crippen molar-refractivity contribution in [3.63, 3.8) is 0 Å². The van der Waals surface area contributed by atoms with Crippen LogP contribution in [0.25, 0.3) is 0 Å². The van der Waals surface area contributed by atoms with E-state index in [4.69, 9.17) is 0 Å². The van der Waals surface area contributed by atoms with Gasteiger partial charge in [-0.3, -0.25) is 9.59 Å². The van der Waals surface area contributed by atoms with Crippen LogP contribution in [0.3, 0.4) is 0 Å². The normalized spacial score (nSPS) is 27.5. The predicted molar refractivity (Wildman–Crippen MR) is 108 cm³/mol. The molecule has 3 unspecified atom stereocenters. The van der Waals surface area contributed by atoms with Crippen LogP contribution in [0.4, 0.5) is 4.39 Å². The van der Waals surface area contributed by atoms with Crippen LogP contribution in [-0.2, 0) is 4.79 Å².